The molecular weight excluding hydrogens is 889 g/mol. The van der Waals surface area contributed by atoms with E-state index in [2.05, 4.69) is 41.5 Å². The minimum atomic E-state index is -0.765. The summed E-state index contributed by atoms with van der Waals surface area (Å²) in [5, 5.41) is 0. The smallest absolute Gasteiger partial charge is 0.306 e. The molecule has 0 saturated heterocycles. The Morgan fingerprint density at radius 2 is 0.444 bits per heavy atom. The molecule has 0 heterocycles. The molecule has 0 N–H and O–H groups in total. The van der Waals surface area contributed by atoms with Crippen LogP contribution in [0.3, 0.4) is 0 Å². The number of unbranched alkanes of at least 4 members (excludes halogenated alkanes) is 39. The maximum Gasteiger partial charge on any atom is 0.306 e. The molecule has 0 fully saturated rings. The Labute approximate surface area is 450 Å². The molecule has 0 bridgehead atoms. The van der Waals surface area contributed by atoms with Crippen LogP contribution in [0.2, 0.25) is 0 Å². The summed E-state index contributed by atoms with van der Waals surface area (Å²) in [7, 11) is 0. The van der Waals surface area contributed by atoms with E-state index >= 15 is 0 Å². The Bertz CT molecular complexity index is 1120. The summed E-state index contributed by atoms with van der Waals surface area (Å²) in [6.07, 6.45) is 62.5. The Morgan fingerprint density at radius 3 is 0.653 bits per heavy atom. The zero-order valence-electron chi connectivity index (χ0n) is 49.7. The first-order valence-electron chi connectivity index (χ1n) is 32.7. The van der Waals surface area contributed by atoms with Crippen LogP contribution in [0.25, 0.3) is 0 Å². The van der Waals surface area contributed by atoms with Gasteiger partial charge < -0.3 is 14.2 Å². The molecule has 0 amide bonds. The highest BCUT2D eigenvalue weighted by Gasteiger charge is 2.20. The number of hydrogen-bond donors (Lipinski definition) is 0. The summed E-state index contributed by atoms with van der Waals surface area (Å²) < 4.78 is 16.9. The molecular formula is C66H128O6. The number of rotatable bonds is 59. The number of hydrogen-bond acceptors (Lipinski definition) is 6. The van der Waals surface area contributed by atoms with Crippen LogP contribution >= 0.6 is 0 Å². The minimum absolute atomic E-state index is 0.0634. The van der Waals surface area contributed by atoms with Crippen LogP contribution in [0.4, 0.5) is 0 Å². The van der Waals surface area contributed by atoms with Crippen molar-refractivity contribution in [2.45, 2.75) is 375 Å². The summed E-state index contributed by atoms with van der Waals surface area (Å²) in [6, 6.07) is 0. The summed E-state index contributed by atoms with van der Waals surface area (Å²) in [4.78, 5) is 38.2. The minimum Gasteiger partial charge on any atom is -0.462 e. The topological polar surface area (TPSA) is 78.9 Å². The van der Waals surface area contributed by atoms with Crippen LogP contribution in [0.15, 0.2) is 0 Å². The van der Waals surface area contributed by atoms with Crippen molar-refractivity contribution >= 4 is 17.9 Å². The van der Waals surface area contributed by atoms with E-state index in [4.69, 9.17) is 14.2 Å². The van der Waals surface area contributed by atoms with Crippen molar-refractivity contribution < 1.29 is 28.6 Å². The highest BCUT2D eigenvalue weighted by atomic mass is 16.6. The first kappa shape index (κ1) is 70.4. The zero-order valence-corrected chi connectivity index (χ0v) is 49.7. The van der Waals surface area contributed by atoms with E-state index in [1.54, 1.807) is 0 Å². The molecule has 6 heteroatoms. The second-order valence-electron chi connectivity index (χ2n) is 23.5. The van der Waals surface area contributed by atoms with Crippen molar-refractivity contribution in [1.29, 1.82) is 0 Å². The summed E-state index contributed by atoms with van der Waals surface area (Å²) in [6.45, 7) is 13.9. The second-order valence-corrected chi connectivity index (χ2v) is 23.5. The Hall–Kier alpha value is -1.59. The quantitative estimate of drug-likeness (QED) is 0.0343. The molecule has 3 unspecified atom stereocenters. The summed E-state index contributed by atoms with van der Waals surface area (Å²) in [5.74, 6) is 1.79. The second kappa shape index (κ2) is 57.1. The van der Waals surface area contributed by atoms with Gasteiger partial charge in [-0.05, 0) is 37.0 Å². The van der Waals surface area contributed by atoms with E-state index < -0.39 is 6.10 Å². The maximum atomic E-state index is 12.9. The van der Waals surface area contributed by atoms with Crippen LogP contribution in [-0.4, -0.2) is 37.2 Å². The van der Waals surface area contributed by atoms with E-state index in [-0.39, 0.29) is 31.1 Å². The molecule has 0 aromatic rings. The molecule has 0 aromatic carbocycles. The molecule has 6 nitrogen and oxygen atoms in total. The van der Waals surface area contributed by atoms with E-state index in [1.807, 2.05) is 0 Å². The van der Waals surface area contributed by atoms with Gasteiger partial charge in [0.05, 0.1) is 0 Å². The van der Waals surface area contributed by atoms with E-state index in [0.29, 0.717) is 19.3 Å². The summed E-state index contributed by atoms with van der Waals surface area (Å²) in [5.41, 5.74) is 0. The SMILES string of the molecule is CCC(C)CCCCCCCCCCCCCCCCCCCCC(=O)OC[C@@H](COC(=O)CCCCCCCCC(C)CC)OC(=O)CCCCCCCCCCCCCCCCCCCCC(C)CC. The lowest BCUT2D eigenvalue weighted by Crippen LogP contribution is -2.30. The van der Waals surface area contributed by atoms with Crippen molar-refractivity contribution in [3.63, 3.8) is 0 Å². The normalized spacial score (nSPS) is 13.2. The molecule has 0 aliphatic rings. The lowest BCUT2D eigenvalue weighted by atomic mass is 9.99. The lowest BCUT2D eigenvalue weighted by Gasteiger charge is -2.18. The number of carbonyl (C=O) groups excluding carboxylic acids is 3. The van der Waals surface area contributed by atoms with E-state index in [9.17, 15) is 14.4 Å². The van der Waals surface area contributed by atoms with Gasteiger partial charge in [-0.15, -0.1) is 0 Å². The largest absolute Gasteiger partial charge is 0.462 e. The average molecular weight is 1020 g/mol. The van der Waals surface area contributed by atoms with Crippen molar-refractivity contribution in [3.8, 4) is 0 Å². The molecule has 0 aliphatic heterocycles. The van der Waals surface area contributed by atoms with Gasteiger partial charge in [-0.25, -0.2) is 0 Å². The molecule has 72 heavy (non-hydrogen) atoms. The third kappa shape index (κ3) is 54.7. The predicted octanol–water partition coefficient (Wildman–Crippen LogP) is 21.8. The van der Waals surface area contributed by atoms with Gasteiger partial charge in [0.25, 0.3) is 0 Å². The fourth-order valence-electron chi connectivity index (χ4n) is 10.1. The fourth-order valence-corrected chi connectivity index (χ4v) is 10.1. The van der Waals surface area contributed by atoms with Gasteiger partial charge in [0.15, 0.2) is 6.10 Å². The van der Waals surface area contributed by atoms with Gasteiger partial charge in [0.1, 0.15) is 13.2 Å². The third-order valence-electron chi connectivity index (χ3n) is 16.2. The molecule has 4 atom stereocenters. The molecule has 428 valence electrons. The van der Waals surface area contributed by atoms with Crippen LogP contribution in [0.5, 0.6) is 0 Å². The highest BCUT2D eigenvalue weighted by Crippen LogP contribution is 2.20. The zero-order chi connectivity index (χ0) is 52.6. The predicted molar refractivity (Wildman–Crippen MR) is 312 cm³/mol. The van der Waals surface area contributed by atoms with Crippen LogP contribution in [-0.2, 0) is 28.6 Å². The first-order valence-corrected chi connectivity index (χ1v) is 32.7. The van der Waals surface area contributed by atoms with Gasteiger partial charge in [-0.2, -0.15) is 0 Å². The molecule has 0 rings (SSSR count). The highest BCUT2D eigenvalue weighted by molar-refractivity contribution is 5.71. The van der Waals surface area contributed by atoms with Crippen LogP contribution in [0, 0.1) is 17.8 Å². The van der Waals surface area contributed by atoms with Crippen molar-refractivity contribution in [3.05, 3.63) is 0 Å². The molecule has 0 spiro atoms. The van der Waals surface area contributed by atoms with Crippen LogP contribution < -0.4 is 0 Å². The average Bonchev–Trinajstić information content (AvgIpc) is 3.38. The maximum absolute atomic E-state index is 12.9. The van der Waals surface area contributed by atoms with Crippen molar-refractivity contribution in [2.24, 2.45) is 17.8 Å². The van der Waals surface area contributed by atoms with Gasteiger partial charge in [0.2, 0.25) is 0 Å². The Balaban J connectivity index is 4.18. The fraction of sp³-hybridized carbons (Fsp3) is 0.955. The summed E-state index contributed by atoms with van der Waals surface area (Å²) >= 11 is 0. The van der Waals surface area contributed by atoms with Crippen LogP contribution in [0.1, 0.15) is 369 Å². The van der Waals surface area contributed by atoms with E-state index in [0.717, 1.165) is 75.5 Å². The first-order chi connectivity index (χ1) is 35.2. The van der Waals surface area contributed by atoms with Gasteiger partial charge in [0, 0.05) is 19.3 Å². The molecule has 0 saturated carbocycles. The molecule has 0 aromatic heterocycles. The van der Waals surface area contributed by atoms with Crippen molar-refractivity contribution in [2.75, 3.05) is 13.2 Å². The third-order valence-corrected chi connectivity index (χ3v) is 16.2. The standard InChI is InChI=1S/C66H128O6/c1-7-60(4)52-46-40-34-30-26-22-18-14-10-12-16-20-24-28-32-36-43-49-55-64(67)70-58-63(59-71-65(68)56-50-44-39-38-42-48-54-62(6)9-3)72-66(69)57-51-45-37-33-29-25-21-17-13-11-15-19-23-27-31-35-41-47-53-61(5)8-2/h60-63H,7-59H2,1-6H3/t60?,61?,62?,63-/m0/s1. The Morgan fingerprint density at radius 1 is 0.264 bits per heavy atom. The van der Waals surface area contributed by atoms with Gasteiger partial charge in [-0.1, -0.05) is 330 Å². The number of carbonyl (C=O) groups is 3. The number of ether oxygens (including phenoxy) is 3. The van der Waals surface area contributed by atoms with Gasteiger partial charge in [-0.3, -0.25) is 14.4 Å². The Kier molecular flexibility index (Phi) is 55.9. The lowest BCUT2D eigenvalue weighted by molar-refractivity contribution is -0.167. The van der Waals surface area contributed by atoms with Gasteiger partial charge >= 0.3 is 17.9 Å². The number of esters is 3. The monoisotopic (exact) mass is 1020 g/mol. The van der Waals surface area contributed by atoms with E-state index in [1.165, 1.54) is 250 Å². The molecule has 0 aliphatic carbocycles. The molecule has 0 radical (unpaired) electrons. The van der Waals surface area contributed by atoms with Crippen molar-refractivity contribution in [1.82, 2.24) is 0 Å².